The van der Waals surface area contributed by atoms with Gasteiger partial charge in [0, 0.05) is 17.3 Å². The van der Waals surface area contributed by atoms with Crippen LogP contribution in [0.4, 0.5) is 10.1 Å². The molecule has 4 rings (SSSR count). The Balaban J connectivity index is 1.73. The number of anilines is 1. The Morgan fingerprint density at radius 2 is 1.60 bits per heavy atom. The number of nitrogens with one attached hydrogen (secondary N) is 1. The topological polar surface area (TPSA) is 66.5 Å². The minimum absolute atomic E-state index is 0.0223. The Morgan fingerprint density at radius 3 is 2.30 bits per heavy atom. The van der Waals surface area contributed by atoms with Crippen LogP contribution in [-0.4, -0.2) is 24.7 Å². The number of hydrogen-bond acceptors (Lipinski definition) is 3. The zero-order valence-electron chi connectivity index (χ0n) is 15.8. The van der Waals surface area contributed by atoms with E-state index in [9.17, 15) is 17.6 Å². The molecule has 1 aliphatic heterocycles. The Kier molecular flexibility index (Phi) is 5.60. The summed E-state index contributed by atoms with van der Waals surface area (Å²) < 4.78 is 42.0. The second kappa shape index (κ2) is 8.18. The van der Waals surface area contributed by atoms with Crippen molar-refractivity contribution in [3.63, 3.8) is 0 Å². The Labute approximate surface area is 179 Å². The van der Waals surface area contributed by atoms with E-state index in [0.717, 1.165) is 21.5 Å². The molecule has 3 aromatic carbocycles. The van der Waals surface area contributed by atoms with Gasteiger partial charge in [-0.05, 0) is 53.9 Å². The summed E-state index contributed by atoms with van der Waals surface area (Å²) in [5.41, 5.74) is 2.16. The van der Waals surface area contributed by atoms with Gasteiger partial charge in [0.25, 0.3) is 0 Å². The predicted molar refractivity (Wildman–Crippen MR) is 113 cm³/mol. The van der Waals surface area contributed by atoms with Crippen LogP contribution in [0.1, 0.15) is 11.1 Å². The van der Waals surface area contributed by atoms with E-state index in [4.69, 9.17) is 11.6 Å². The molecule has 0 unspecified atom stereocenters. The third-order valence-corrected chi connectivity index (χ3v) is 7.18. The Morgan fingerprint density at radius 1 is 0.967 bits per heavy atom. The average Bonchev–Trinajstić information content (AvgIpc) is 2.74. The molecule has 1 N–H and O–H groups in total. The highest BCUT2D eigenvalue weighted by Crippen LogP contribution is 2.30. The molecule has 0 radical (unpaired) electrons. The molecule has 30 heavy (non-hydrogen) atoms. The number of benzene rings is 3. The van der Waals surface area contributed by atoms with Gasteiger partial charge in [0.15, 0.2) is 0 Å². The molecule has 1 atom stereocenters. The van der Waals surface area contributed by atoms with Crippen molar-refractivity contribution < 1.29 is 17.6 Å². The minimum atomic E-state index is -4.25. The van der Waals surface area contributed by atoms with Gasteiger partial charge in [0.05, 0.1) is 0 Å². The normalized spacial score (nSPS) is 16.7. The van der Waals surface area contributed by atoms with Crippen molar-refractivity contribution in [3.8, 4) is 0 Å². The van der Waals surface area contributed by atoms with Gasteiger partial charge in [-0.2, -0.15) is 4.31 Å². The molecule has 0 saturated carbocycles. The zero-order chi connectivity index (χ0) is 21.3. The van der Waals surface area contributed by atoms with Crippen molar-refractivity contribution in [1.29, 1.82) is 0 Å². The molecule has 0 aromatic heterocycles. The molecular weight excluding hydrogens is 427 g/mol. The monoisotopic (exact) mass is 444 g/mol. The van der Waals surface area contributed by atoms with Gasteiger partial charge in [-0.3, -0.25) is 4.79 Å². The van der Waals surface area contributed by atoms with E-state index in [1.54, 1.807) is 30.3 Å². The van der Waals surface area contributed by atoms with E-state index in [1.807, 2.05) is 18.2 Å². The number of rotatable bonds is 4. The number of sulfonamides is 1. The number of carbonyl (C=O) groups is 1. The molecule has 8 heteroatoms. The van der Waals surface area contributed by atoms with Crippen molar-refractivity contribution in [2.45, 2.75) is 23.9 Å². The van der Waals surface area contributed by atoms with Crippen LogP contribution in [-0.2, 0) is 27.8 Å². The van der Waals surface area contributed by atoms with Crippen molar-refractivity contribution >= 4 is 33.2 Å². The number of halogens is 2. The number of carbonyl (C=O) groups excluding carboxylic acids is 1. The third-order valence-electron chi connectivity index (χ3n) is 5.04. The van der Waals surface area contributed by atoms with Gasteiger partial charge in [-0.1, -0.05) is 48.0 Å². The van der Waals surface area contributed by atoms with Crippen LogP contribution >= 0.6 is 11.6 Å². The maximum atomic E-state index is 14.3. The van der Waals surface area contributed by atoms with Crippen LogP contribution in [0.15, 0.2) is 77.7 Å². The van der Waals surface area contributed by atoms with Crippen LogP contribution in [0.3, 0.4) is 0 Å². The first-order valence-electron chi connectivity index (χ1n) is 9.26. The first-order chi connectivity index (χ1) is 14.4. The molecule has 0 saturated heterocycles. The van der Waals surface area contributed by atoms with Gasteiger partial charge >= 0.3 is 0 Å². The molecule has 1 amide bonds. The quantitative estimate of drug-likeness (QED) is 0.654. The standard InChI is InChI=1S/C22H18ClFN2O3S/c23-17-9-11-18(12-10-17)25-22(27)20-13-15-5-1-2-6-16(15)14-26(20)30(28,29)21-8-4-3-7-19(21)24/h1-12,20H,13-14H2,(H,25,27)/t20-/m1/s1. The number of nitrogens with zero attached hydrogens (tertiary/aromatic N) is 1. The highest BCUT2D eigenvalue weighted by molar-refractivity contribution is 7.89. The summed E-state index contributed by atoms with van der Waals surface area (Å²) in [7, 11) is -4.25. The lowest BCUT2D eigenvalue weighted by Gasteiger charge is -2.35. The van der Waals surface area contributed by atoms with Gasteiger partial charge < -0.3 is 5.32 Å². The fourth-order valence-electron chi connectivity index (χ4n) is 3.51. The minimum Gasteiger partial charge on any atom is -0.325 e. The van der Waals surface area contributed by atoms with Crippen molar-refractivity contribution in [2.75, 3.05) is 5.32 Å². The first kappa shape index (κ1) is 20.5. The Hall–Kier alpha value is -2.74. The second-order valence-electron chi connectivity index (χ2n) is 6.97. The van der Waals surface area contributed by atoms with E-state index in [0.29, 0.717) is 10.7 Å². The smallest absolute Gasteiger partial charge is 0.247 e. The van der Waals surface area contributed by atoms with Crippen LogP contribution in [0.5, 0.6) is 0 Å². The number of fused-ring (bicyclic) bond motifs is 1. The van der Waals surface area contributed by atoms with Gasteiger partial charge in [0.1, 0.15) is 16.8 Å². The Bertz CT molecular complexity index is 1200. The van der Waals surface area contributed by atoms with Gasteiger partial charge in [-0.25, -0.2) is 12.8 Å². The highest BCUT2D eigenvalue weighted by Gasteiger charge is 2.40. The zero-order valence-corrected chi connectivity index (χ0v) is 17.3. The molecule has 5 nitrogen and oxygen atoms in total. The van der Waals surface area contributed by atoms with E-state index in [2.05, 4.69) is 5.32 Å². The van der Waals surface area contributed by atoms with Crippen LogP contribution < -0.4 is 5.32 Å². The lowest BCUT2D eigenvalue weighted by atomic mass is 9.95. The van der Waals surface area contributed by atoms with Crippen molar-refractivity contribution in [3.05, 3.63) is 94.8 Å². The lowest BCUT2D eigenvalue weighted by molar-refractivity contribution is -0.120. The van der Waals surface area contributed by atoms with E-state index in [1.165, 1.54) is 18.2 Å². The fourth-order valence-corrected chi connectivity index (χ4v) is 5.27. The highest BCUT2D eigenvalue weighted by atomic mass is 35.5. The molecular formula is C22H18ClFN2O3S. The second-order valence-corrected chi connectivity index (χ2v) is 9.26. The number of hydrogen-bond donors (Lipinski definition) is 1. The molecule has 3 aromatic rings. The van der Waals surface area contributed by atoms with E-state index >= 15 is 0 Å². The summed E-state index contributed by atoms with van der Waals surface area (Å²) in [5.74, 6) is -1.35. The SMILES string of the molecule is O=C(Nc1ccc(Cl)cc1)[C@H]1Cc2ccccc2CN1S(=O)(=O)c1ccccc1F. The predicted octanol–water partition coefficient (Wildman–Crippen LogP) is 4.23. The molecule has 0 fully saturated rings. The summed E-state index contributed by atoms with van der Waals surface area (Å²) in [6, 6.07) is 18.0. The summed E-state index contributed by atoms with van der Waals surface area (Å²) in [6.07, 6.45) is 0.184. The third kappa shape index (κ3) is 3.96. The van der Waals surface area contributed by atoms with Crippen molar-refractivity contribution in [1.82, 2.24) is 4.31 Å². The van der Waals surface area contributed by atoms with E-state index < -0.39 is 32.7 Å². The van der Waals surface area contributed by atoms with Crippen molar-refractivity contribution in [2.24, 2.45) is 0 Å². The summed E-state index contributed by atoms with van der Waals surface area (Å²) in [6.45, 7) is -0.0223. The summed E-state index contributed by atoms with van der Waals surface area (Å²) >= 11 is 5.88. The maximum absolute atomic E-state index is 14.3. The average molecular weight is 445 g/mol. The van der Waals surface area contributed by atoms with Gasteiger partial charge in [0.2, 0.25) is 15.9 Å². The fraction of sp³-hybridized carbons (Fsp3) is 0.136. The number of amides is 1. The van der Waals surface area contributed by atoms with Gasteiger partial charge in [-0.15, -0.1) is 0 Å². The lowest BCUT2D eigenvalue weighted by Crippen LogP contribution is -2.50. The largest absolute Gasteiger partial charge is 0.325 e. The first-order valence-corrected chi connectivity index (χ1v) is 11.1. The molecule has 0 aliphatic carbocycles. The summed E-state index contributed by atoms with van der Waals surface area (Å²) in [5, 5.41) is 3.26. The van der Waals surface area contributed by atoms with Crippen LogP contribution in [0.2, 0.25) is 5.02 Å². The molecule has 0 spiro atoms. The maximum Gasteiger partial charge on any atom is 0.247 e. The summed E-state index contributed by atoms with van der Waals surface area (Å²) in [4.78, 5) is 12.6. The molecule has 154 valence electrons. The van der Waals surface area contributed by atoms with Crippen LogP contribution in [0, 0.1) is 5.82 Å². The van der Waals surface area contributed by atoms with Crippen LogP contribution in [0.25, 0.3) is 0 Å². The molecule has 0 bridgehead atoms. The molecule has 1 aliphatic rings. The van der Waals surface area contributed by atoms with E-state index in [-0.39, 0.29) is 13.0 Å². The molecule has 1 heterocycles.